The van der Waals surface area contributed by atoms with Crippen molar-refractivity contribution in [1.82, 2.24) is 9.97 Å². The van der Waals surface area contributed by atoms with Crippen LogP contribution in [-0.4, -0.2) is 28.6 Å². The van der Waals surface area contributed by atoms with E-state index in [-0.39, 0.29) is 18.4 Å². The minimum Gasteiger partial charge on any atom is -0.460 e. The second kappa shape index (κ2) is 7.22. The fourth-order valence-electron chi connectivity index (χ4n) is 2.36. The molecule has 0 N–H and O–H groups in total. The molecule has 0 unspecified atom stereocenters. The predicted octanol–water partition coefficient (Wildman–Crippen LogP) is 3.39. The van der Waals surface area contributed by atoms with Gasteiger partial charge in [-0.05, 0) is 50.6 Å². The summed E-state index contributed by atoms with van der Waals surface area (Å²) in [7, 11) is 1.96. The molecule has 122 valence electrons. The van der Waals surface area contributed by atoms with Gasteiger partial charge in [-0.1, -0.05) is 0 Å². The van der Waals surface area contributed by atoms with Crippen molar-refractivity contribution in [3.63, 3.8) is 0 Å². The fraction of sp³-hybridized carbons (Fsp3) is 0.389. The van der Waals surface area contributed by atoms with Crippen LogP contribution in [0.4, 0.5) is 5.69 Å². The van der Waals surface area contributed by atoms with Crippen molar-refractivity contribution in [2.45, 2.75) is 38.8 Å². The summed E-state index contributed by atoms with van der Waals surface area (Å²) in [5.74, 6) is -0.222. The summed E-state index contributed by atoms with van der Waals surface area (Å²) < 4.78 is 5.48. The molecule has 0 saturated heterocycles. The lowest BCUT2D eigenvalue weighted by atomic mass is 10.0. The molecular formula is C18H23N3O2. The van der Waals surface area contributed by atoms with Crippen molar-refractivity contribution < 1.29 is 9.53 Å². The van der Waals surface area contributed by atoms with E-state index in [2.05, 4.69) is 14.9 Å². The minimum absolute atomic E-state index is 0.129. The molecule has 5 heteroatoms. The van der Waals surface area contributed by atoms with E-state index in [1.807, 2.05) is 52.1 Å². The predicted molar refractivity (Wildman–Crippen MR) is 90.1 cm³/mol. The molecule has 0 radical (unpaired) electrons. The Hall–Kier alpha value is -2.43. The average Bonchev–Trinajstić information content (AvgIpc) is 2.52. The summed E-state index contributed by atoms with van der Waals surface area (Å²) in [5, 5.41) is 0. The van der Waals surface area contributed by atoms with Crippen molar-refractivity contribution in [2.75, 3.05) is 11.9 Å². The van der Waals surface area contributed by atoms with Crippen LogP contribution < -0.4 is 4.90 Å². The maximum atomic E-state index is 12.3. The van der Waals surface area contributed by atoms with Gasteiger partial charge < -0.3 is 9.64 Å². The number of aromatic nitrogens is 2. The number of esters is 1. The second-order valence-electron chi connectivity index (χ2n) is 6.40. The molecular weight excluding hydrogens is 290 g/mol. The summed E-state index contributed by atoms with van der Waals surface area (Å²) in [5.41, 5.74) is 1.52. The summed E-state index contributed by atoms with van der Waals surface area (Å²) in [4.78, 5) is 22.5. The van der Waals surface area contributed by atoms with Crippen LogP contribution in [-0.2, 0) is 9.53 Å². The van der Waals surface area contributed by atoms with Gasteiger partial charge in [0, 0.05) is 37.5 Å². The quantitative estimate of drug-likeness (QED) is 0.792. The molecule has 5 nitrogen and oxygen atoms in total. The van der Waals surface area contributed by atoms with E-state index in [9.17, 15) is 4.79 Å². The zero-order valence-corrected chi connectivity index (χ0v) is 14.1. The first-order valence-electron chi connectivity index (χ1n) is 7.61. The minimum atomic E-state index is -0.491. The average molecular weight is 313 g/mol. The molecule has 0 spiro atoms. The Morgan fingerprint density at radius 2 is 1.61 bits per heavy atom. The first kappa shape index (κ1) is 16.9. The molecule has 2 heterocycles. The maximum Gasteiger partial charge on any atom is 0.308 e. The molecule has 0 saturated carbocycles. The largest absolute Gasteiger partial charge is 0.460 e. The van der Waals surface area contributed by atoms with Crippen molar-refractivity contribution >= 4 is 11.7 Å². The van der Waals surface area contributed by atoms with Gasteiger partial charge in [-0.3, -0.25) is 14.8 Å². The molecule has 0 bridgehead atoms. The van der Waals surface area contributed by atoms with Crippen LogP contribution >= 0.6 is 0 Å². The van der Waals surface area contributed by atoms with Crippen molar-refractivity contribution in [3.05, 3.63) is 54.6 Å². The number of pyridine rings is 2. The SMILES string of the molecule is CN(c1ccncc1)[C@H](CC(=O)OC(C)(C)C)c1ccncc1. The summed E-state index contributed by atoms with van der Waals surface area (Å²) in [6.45, 7) is 5.62. The van der Waals surface area contributed by atoms with Crippen LogP contribution in [0.25, 0.3) is 0 Å². The Kier molecular flexibility index (Phi) is 5.32. The second-order valence-corrected chi connectivity index (χ2v) is 6.40. The van der Waals surface area contributed by atoms with Gasteiger partial charge in [0.1, 0.15) is 5.60 Å². The fourth-order valence-corrected chi connectivity index (χ4v) is 2.36. The Morgan fingerprint density at radius 1 is 1.09 bits per heavy atom. The van der Waals surface area contributed by atoms with Crippen LogP contribution in [0.3, 0.4) is 0 Å². The zero-order valence-electron chi connectivity index (χ0n) is 14.1. The highest BCUT2D eigenvalue weighted by Gasteiger charge is 2.24. The van der Waals surface area contributed by atoms with Gasteiger partial charge in [0.05, 0.1) is 12.5 Å². The number of carbonyl (C=O) groups is 1. The third-order valence-electron chi connectivity index (χ3n) is 3.41. The smallest absolute Gasteiger partial charge is 0.308 e. The van der Waals surface area contributed by atoms with Gasteiger partial charge in [-0.2, -0.15) is 0 Å². The molecule has 2 rings (SSSR count). The van der Waals surface area contributed by atoms with Gasteiger partial charge in [0.2, 0.25) is 0 Å². The van der Waals surface area contributed by atoms with E-state index in [0.29, 0.717) is 0 Å². The third-order valence-corrected chi connectivity index (χ3v) is 3.41. The van der Waals surface area contributed by atoms with E-state index in [4.69, 9.17) is 4.74 Å². The maximum absolute atomic E-state index is 12.3. The van der Waals surface area contributed by atoms with Crippen molar-refractivity contribution in [2.24, 2.45) is 0 Å². The highest BCUT2D eigenvalue weighted by molar-refractivity contribution is 5.72. The molecule has 0 aliphatic carbocycles. The van der Waals surface area contributed by atoms with Crippen LogP contribution in [0.15, 0.2) is 49.1 Å². The molecule has 23 heavy (non-hydrogen) atoms. The van der Waals surface area contributed by atoms with Gasteiger partial charge in [0.15, 0.2) is 0 Å². The summed E-state index contributed by atoms with van der Waals surface area (Å²) >= 11 is 0. The summed E-state index contributed by atoms with van der Waals surface area (Å²) in [6.07, 6.45) is 7.21. The van der Waals surface area contributed by atoms with Gasteiger partial charge in [-0.25, -0.2) is 0 Å². The van der Waals surface area contributed by atoms with Crippen LogP contribution in [0, 0.1) is 0 Å². The van der Waals surface area contributed by atoms with E-state index in [1.54, 1.807) is 24.8 Å². The highest BCUT2D eigenvalue weighted by atomic mass is 16.6. The van der Waals surface area contributed by atoms with E-state index < -0.39 is 5.60 Å². The number of anilines is 1. The Morgan fingerprint density at radius 3 is 2.13 bits per heavy atom. The number of hydrogen-bond donors (Lipinski definition) is 0. The number of rotatable bonds is 5. The van der Waals surface area contributed by atoms with Crippen molar-refractivity contribution in [1.29, 1.82) is 0 Å². The zero-order chi connectivity index (χ0) is 16.9. The number of hydrogen-bond acceptors (Lipinski definition) is 5. The first-order valence-corrected chi connectivity index (χ1v) is 7.61. The van der Waals surface area contributed by atoms with Gasteiger partial charge >= 0.3 is 5.97 Å². The number of ether oxygens (including phenoxy) is 1. The Labute approximate surface area is 137 Å². The standard InChI is InChI=1S/C18H23N3O2/c1-18(2,3)23-17(22)13-16(14-5-9-19-10-6-14)21(4)15-7-11-20-12-8-15/h5-12,16H,13H2,1-4H3/t16-/m1/s1. The Balaban J connectivity index is 2.24. The lowest BCUT2D eigenvalue weighted by molar-refractivity contribution is -0.155. The molecule has 0 aromatic carbocycles. The summed E-state index contributed by atoms with van der Waals surface area (Å²) in [6, 6.07) is 7.56. The molecule has 0 aliphatic heterocycles. The van der Waals surface area contributed by atoms with E-state index in [1.165, 1.54) is 0 Å². The van der Waals surface area contributed by atoms with Crippen LogP contribution in [0.2, 0.25) is 0 Å². The van der Waals surface area contributed by atoms with Crippen molar-refractivity contribution in [3.8, 4) is 0 Å². The Bertz CT molecular complexity index is 624. The molecule has 2 aromatic rings. The molecule has 1 atom stereocenters. The normalized spacial score (nSPS) is 12.5. The number of nitrogens with zero attached hydrogens (tertiary/aromatic N) is 3. The molecule has 0 amide bonds. The van der Waals surface area contributed by atoms with E-state index in [0.717, 1.165) is 11.3 Å². The van der Waals surface area contributed by atoms with Gasteiger partial charge in [-0.15, -0.1) is 0 Å². The lowest BCUT2D eigenvalue weighted by Gasteiger charge is -2.31. The van der Waals surface area contributed by atoms with Crippen LogP contribution in [0.5, 0.6) is 0 Å². The highest BCUT2D eigenvalue weighted by Crippen LogP contribution is 2.28. The monoisotopic (exact) mass is 313 g/mol. The molecule has 0 fully saturated rings. The van der Waals surface area contributed by atoms with Gasteiger partial charge in [0.25, 0.3) is 0 Å². The lowest BCUT2D eigenvalue weighted by Crippen LogP contribution is -2.30. The molecule has 2 aromatic heterocycles. The number of carbonyl (C=O) groups excluding carboxylic acids is 1. The topological polar surface area (TPSA) is 55.3 Å². The van der Waals surface area contributed by atoms with E-state index >= 15 is 0 Å². The molecule has 0 aliphatic rings. The third kappa shape index (κ3) is 5.06. The first-order chi connectivity index (χ1) is 10.9. The van der Waals surface area contributed by atoms with Crippen LogP contribution in [0.1, 0.15) is 38.8 Å².